The van der Waals surface area contributed by atoms with Gasteiger partial charge in [0.05, 0.1) is 17.6 Å². The fourth-order valence-corrected chi connectivity index (χ4v) is 2.51. The standard InChI is InChI=1S/C13H14BrN7O/c1-3-9-8(14)4-5-10(16-9)13-11(21(2)20-18-13)7-22-12-6-15-19-17-12/h4-6H,3,7H2,1-2H3,(H,15,17,19). The number of nitrogens with zero attached hydrogens (tertiary/aromatic N) is 6. The SMILES string of the molecule is CCc1nc(-c2nnn(C)c2COc2c[nH]nn2)ccc1Br. The summed E-state index contributed by atoms with van der Waals surface area (Å²) in [7, 11) is 1.82. The second-order valence-corrected chi connectivity index (χ2v) is 5.44. The molecular weight excluding hydrogens is 350 g/mol. The third kappa shape index (κ3) is 2.84. The Kier molecular flexibility index (Phi) is 4.14. The van der Waals surface area contributed by atoms with Crippen molar-refractivity contribution in [3.8, 4) is 17.3 Å². The number of aromatic amines is 1. The van der Waals surface area contributed by atoms with Gasteiger partial charge in [0.2, 0.25) is 0 Å². The van der Waals surface area contributed by atoms with Crippen LogP contribution in [0.2, 0.25) is 0 Å². The number of pyridine rings is 1. The number of H-pyrrole nitrogens is 1. The smallest absolute Gasteiger partial charge is 0.253 e. The highest BCUT2D eigenvalue weighted by molar-refractivity contribution is 9.10. The molecule has 0 spiro atoms. The van der Waals surface area contributed by atoms with Gasteiger partial charge < -0.3 is 4.74 Å². The second kappa shape index (κ2) is 6.22. The largest absolute Gasteiger partial charge is 0.469 e. The summed E-state index contributed by atoms with van der Waals surface area (Å²) in [4.78, 5) is 4.63. The first-order chi connectivity index (χ1) is 10.7. The molecule has 0 aliphatic heterocycles. The minimum atomic E-state index is 0.282. The Labute approximate surface area is 135 Å². The van der Waals surface area contributed by atoms with Crippen LogP contribution in [0.15, 0.2) is 22.8 Å². The summed E-state index contributed by atoms with van der Waals surface area (Å²) in [6.45, 7) is 2.34. The summed E-state index contributed by atoms with van der Waals surface area (Å²) >= 11 is 3.50. The lowest BCUT2D eigenvalue weighted by molar-refractivity contribution is 0.283. The van der Waals surface area contributed by atoms with Crippen LogP contribution in [0, 0.1) is 0 Å². The molecule has 0 saturated carbocycles. The Morgan fingerprint density at radius 3 is 2.91 bits per heavy atom. The molecular formula is C13H14BrN7O. The lowest BCUT2D eigenvalue weighted by atomic mass is 10.2. The van der Waals surface area contributed by atoms with E-state index in [0.717, 1.165) is 28.0 Å². The molecule has 0 radical (unpaired) electrons. The minimum absolute atomic E-state index is 0.282. The predicted octanol–water partition coefficient (Wildman–Crippen LogP) is 1.90. The van der Waals surface area contributed by atoms with Crippen LogP contribution in [0.4, 0.5) is 0 Å². The van der Waals surface area contributed by atoms with E-state index in [1.54, 1.807) is 10.9 Å². The molecule has 0 aromatic carbocycles. The van der Waals surface area contributed by atoms with Gasteiger partial charge >= 0.3 is 0 Å². The van der Waals surface area contributed by atoms with Crippen molar-refractivity contribution in [2.75, 3.05) is 0 Å². The van der Waals surface area contributed by atoms with Gasteiger partial charge in [-0.25, -0.2) is 9.67 Å². The van der Waals surface area contributed by atoms with Crippen LogP contribution in [0.1, 0.15) is 18.3 Å². The van der Waals surface area contributed by atoms with Crippen LogP contribution < -0.4 is 4.74 Å². The number of rotatable bonds is 5. The van der Waals surface area contributed by atoms with Crippen molar-refractivity contribution >= 4 is 15.9 Å². The lowest BCUT2D eigenvalue weighted by Gasteiger charge is -2.07. The van der Waals surface area contributed by atoms with Crippen LogP contribution in [-0.4, -0.2) is 35.4 Å². The van der Waals surface area contributed by atoms with E-state index in [0.29, 0.717) is 11.6 Å². The van der Waals surface area contributed by atoms with Crippen LogP contribution >= 0.6 is 15.9 Å². The van der Waals surface area contributed by atoms with Crippen LogP contribution in [0.25, 0.3) is 11.4 Å². The first-order valence-corrected chi connectivity index (χ1v) is 7.52. The maximum atomic E-state index is 5.57. The van der Waals surface area contributed by atoms with Crippen molar-refractivity contribution in [1.29, 1.82) is 0 Å². The van der Waals surface area contributed by atoms with E-state index in [-0.39, 0.29) is 6.61 Å². The molecule has 0 atom stereocenters. The molecule has 0 unspecified atom stereocenters. The molecule has 8 nitrogen and oxygen atoms in total. The van der Waals surface area contributed by atoms with Gasteiger partial charge in [-0.2, -0.15) is 0 Å². The Hall–Kier alpha value is -2.29. The molecule has 0 bridgehead atoms. The third-order valence-corrected chi connectivity index (χ3v) is 3.91. The van der Waals surface area contributed by atoms with Gasteiger partial charge in [-0.1, -0.05) is 22.4 Å². The molecule has 3 aromatic rings. The van der Waals surface area contributed by atoms with Crippen molar-refractivity contribution in [2.45, 2.75) is 20.0 Å². The van der Waals surface area contributed by atoms with Gasteiger partial charge in [0.15, 0.2) is 0 Å². The zero-order valence-electron chi connectivity index (χ0n) is 12.1. The van der Waals surface area contributed by atoms with Gasteiger partial charge in [-0.15, -0.1) is 5.10 Å². The lowest BCUT2D eigenvalue weighted by Crippen LogP contribution is -2.05. The molecule has 3 aromatic heterocycles. The van der Waals surface area contributed by atoms with Gasteiger partial charge in [0, 0.05) is 11.5 Å². The summed E-state index contributed by atoms with van der Waals surface area (Å²) in [5, 5.41) is 18.3. The fraction of sp³-hybridized carbons (Fsp3) is 0.308. The Morgan fingerprint density at radius 1 is 1.32 bits per heavy atom. The summed E-state index contributed by atoms with van der Waals surface area (Å²) in [5.74, 6) is 0.421. The summed E-state index contributed by atoms with van der Waals surface area (Å²) in [5.41, 5.74) is 3.27. The molecule has 114 valence electrons. The molecule has 0 aliphatic carbocycles. The number of aryl methyl sites for hydroxylation is 2. The van der Waals surface area contributed by atoms with Crippen molar-refractivity contribution < 1.29 is 4.74 Å². The molecule has 0 aliphatic rings. The van der Waals surface area contributed by atoms with Gasteiger partial charge in [-0.05, 0) is 34.5 Å². The van der Waals surface area contributed by atoms with Gasteiger partial charge in [0.25, 0.3) is 5.88 Å². The molecule has 3 rings (SSSR count). The average Bonchev–Trinajstić information content (AvgIpc) is 3.15. The van der Waals surface area contributed by atoms with E-state index in [4.69, 9.17) is 4.74 Å². The zero-order valence-corrected chi connectivity index (χ0v) is 13.7. The number of ether oxygens (including phenoxy) is 1. The number of hydrogen-bond acceptors (Lipinski definition) is 6. The Morgan fingerprint density at radius 2 is 2.18 bits per heavy atom. The highest BCUT2D eigenvalue weighted by Crippen LogP contribution is 2.24. The molecule has 0 saturated heterocycles. The normalized spacial score (nSPS) is 10.9. The molecule has 9 heteroatoms. The van der Waals surface area contributed by atoms with Gasteiger partial charge in [-0.3, -0.25) is 5.10 Å². The maximum absolute atomic E-state index is 5.57. The van der Waals surface area contributed by atoms with E-state index in [9.17, 15) is 0 Å². The maximum Gasteiger partial charge on any atom is 0.253 e. The van der Waals surface area contributed by atoms with E-state index in [1.807, 2.05) is 19.2 Å². The second-order valence-electron chi connectivity index (χ2n) is 4.59. The first kappa shape index (κ1) is 14.6. The number of hydrogen-bond donors (Lipinski definition) is 1. The monoisotopic (exact) mass is 363 g/mol. The summed E-state index contributed by atoms with van der Waals surface area (Å²) < 4.78 is 8.23. The number of nitrogens with one attached hydrogen (secondary N) is 1. The van der Waals surface area contributed by atoms with Crippen LogP contribution in [-0.2, 0) is 20.1 Å². The highest BCUT2D eigenvalue weighted by atomic mass is 79.9. The molecule has 0 fully saturated rings. The summed E-state index contributed by atoms with van der Waals surface area (Å²) in [6, 6.07) is 3.88. The van der Waals surface area contributed by atoms with Crippen LogP contribution in [0.5, 0.6) is 5.88 Å². The Balaban J connectivity index is 1.91. The molecule has 0 amide bonds. The number of aromatic nitrogens is 7. The minimum Gasteiger partial charge on any atom is -0.469 e. The third-order valence-electron chi connectivity index (χ3n) is 3.19. The highest BCUT2D eigenvalue weighted by Gasteiger charge is 2.16. The first-order valence-electron chi connectivity index (χ1n) is 6.72. The quantitative estimate of drug-likeness (QED) is 0.743. The average molecular weight is 364 g/mol. The Bertz CT molecular complexity index is 769. The van der Waals surface area contributed by atoms with E-state index in [1.165, 1.54) is 0 Å². The van der Waals surface area contributed by atoms with Crippen molar-refractivity contribution in [2.24, 2.45) is 7.05 Å². The molecule has 22 heavy (non-hydrogen) atoms. The van der Waals surface area contributed by atoms with E-state index in [2.05, 4.69) is 53.6 Å². The van der Waals surface area contributed by atoms with E-state index < -0.39 is 0 Å². The van der Waals surface area contributed by atoms with E-state index >= 15 is 0 Å². The predicted molar refractivity (Wildman–Crippen MR) is 82.0 cm³/mol. The molecule has 3 heterocycles. The zero-order chi connectivity index (χ0) is 15.5. The van der Waals surface area contributed by atoms with Crippen molar-refractivity contribution in [1.82, 2.24) is 35.4 Å². The number of halogens is 1. The summed E-state index contributed by atoms with van der Waals surface area (Å²) in [6.07, 6.45) is 2.41. The van der Waals surface area contributed by atoms with Crippen LogP contribution in [0.3, 0.4) is 0 Å². The van der Waals surface area contributed by atoms with Crippen molar-refractivity contribution in [3.63, 3.8) is 0 Å². The van der Waals surface area contributed by atoms with Gasteiger partial charge in [0.1, 0.15) is 18.0 Å². The fourth-order valence-electron chi connectivity index (χ4n) is 2.01. The molecule has 1 N–H and O–H groups in total. The van der Waals surface area contributed by atoms with Crippen molar-refractivity contribution in [3.05, 3.63) is 34.2 Å². The topological polar surface area (TPSA) is 94.4 Å².